The van der Waals surface area contributed by atoms with Crippen molar-refractivity contribution in [2.75, 3.05) is 0 Å². The van der Waals surface area contributed by atoms with Gasteiger partial charge in [0.05, 0.1) is 23.0 Å². The number of hydrazine groups is 1. The average Bonchev–Trinajstić information content (AvgIpc) is 2.70. The summed E-state index contributed by atoms with van der Waals surface area (Å²) < 4.78 is 53.2. The van der Waals surface area contributed by atoms with Crippen LogP contribution in [-0.2, 0) is 13.2 Å². The fourth-order valence-electron chi connectivity index (χ4n) is 2.19. The van der Waals surface area contributed by atoms with E-state index in [-0.39, 0.29) is 5.56 Å². The van der Waals surface area contributed by atoms with Crippen LogP contribution in [0.4, 0.5) is 17.6 Å². The summed E-state index contributed by atoms with van der Waals surface area (Å²) in [5, 5.41) is 4.12. The van der Waals surface area contributed by atoms with E-state index in [1.165, 1.54) is 10.7 Å². The predicted molar refractivity (Wildman–Crippen MR) is 68.5 cm³/mol. The highest BCUT2D eigenvalue weighted by Gasteiger charge is 2.35. The predicted octanol–water partition coefficient (Wildman–Crippen LogP) is 2.44. The lowest BCUT2D eigenvalue weighted by Crippen LogP contribution is -2.30. The largest absolute Gasteiger partial charge is 0.419 e. The van der Waals surface area contributed by atoms with Crippen LogP contribution in [0.25, 0.3) is 0 Å². The molecule has 114 valence electrons. The van der Waals surface area contributed by atoms with E-state index in [0.29, 0.717) is 11.4 Å². The number of aromatic nitrogens is 2. The Morgan fingerprint density at radius 2 is 1.95 bits per heavy atom. The molecule has 0 radical (unpaired) electrons. The zero-order chi connectivity index (χ0) is 15.8. The second-order valence-corrected chi connectivity index (χ2v) is 4.67. The molecule has 4 nitrogen and oxygen atoms in total. The Morgan fingerprint density at radius 3 is 2.43 bits per heavy atom. The normalized spacial score (nSPS) is 13.5. The number of hydrogen-bond acceptors (Lipinski definition) is 3. The highest BCUT2D eigenvalue weighted by molar-refractivity contribution is 5.34. The number of nitrogens with one attached hydrogen (secondary N) is 1. The summed E-state index contributed by atoms with van der Waals surface area (Å²) in [5.41, 5.74) is 2.60. The molecule has 0 spiro atoms. The zero-order valence-electron chi connectivity index (χ0n) is 11.4. The summed E-state index contributed by atoms with van der Waals surface area (Å²) in [4.78, 5) is 0. The van der Waals surface area contributed by atoms with Crippen LogP contribution < -0.4 is 11.3 Å². The van der Waals surface area contributed by atoms with Gasteiger partial charge in [-0.2, -0.15) is 18.3 Å². The summed E-state index contributed by atoms with van der Waals surface area (Å²) >= 11 is 0. The van der Waals surface area contributed by atoms with Crippen molar-refractivity contribution < 1.29 is 17.6 Å². The Kier molecular flexibility index (Phi) is 4.02. The molecule has 0 aliphatic rings. The van der Waals surface area contributed by atoms with Crippen molar-refractivity contribution in [1.82, 2.24) is 15.2 Å². The van der Waals surface area contributed by atoms with Crippen LogP contribution in [0.5, 0.6) is 0 Å². The van der Waals surface area contributed by atoms with Gasteiger partial charge in [-0.1, -0.05) is 6.07 Å². The van der Waals surface area contributed by atoms with E-state index in [4.69, 9.17) is 5.84 Å². The molecule has 1 unspecified atom stereocenters. The average molecular weight is 302 g/mol. The Bertz CT molecular complexity index is 648. The van der Waals surface area contributed by atoms with E-state index in [1.54, 1.807) is 20.0 Å². The molecule has 0 fully saturated rings. The van der Waals surface area contributed by atoms with Gasteiger partial charge in [0.1, 0.15) is 5.82 Å². The fraction of sp³-hybridized carbons (Fsp3) is 0.308. The lowest BCUT2D eigenvalue weighted by molar-refractivity contribution is -0.140. The van der Waals surface area contributed by atoms with Crippen molar-refractivity contribution in [3.63, 3.8) is 0 Å². The highest BCUT2D eigenvalue weighted by atomic mass is 19.4. The van der Waals surface area contributed by atoms with Gasteiger partial charge in [0.25, 0.3) is 0 Å². The number of alkyl halides is 3. The van der Waals surface area contributed by atoms with Crippen molar-refractivity contribution in [3.8, 4) is 0 Å². The number of benzene rings is 1. The zero-order valence-corrected chi connectivity index (χ0v) is 11.4. The van der Waals surface area contributed by atoms with Crippen molar-refractivity contribution in [2.24, 2.45) is 12.9 Å². The maximum Gasteiger partial charge on any atom is 0.419 e. The quantitative estimate of drug-likeness (QED) is 0.520. The molecule has 1 heterocycles. The highest BCUT2D eigenvalue weighted by Crippen LogP contribution is 2.34. The van der Waals surface area contributed by atoms with E-state index in [9.17, 15) is 17.6 Å². The van der Waals surface area contributed by atoms with Crippen molar-refractivity contribution in [1.29, 1.82) is 0 Å². The summed E-state index contributed by atoms with van der Waals surface area (Å²) in [6.45, 7) is 1.75. The van der Waals surface area contributed by atoms with E-state index in [0.717, 1.165) is 12.1 Å². The molecule has 2 aromatic rings. The van der Waals surface area contributed by atoms with Gasteiger partial charge in [0.15, 0.2) is 0 Å². The summed E-state index contributed by atoms with van der Waals surface area (Å²) in [6, 6.07) is 3.77. The fourth-order valence-corrected chi connectivity index (χ4v) is 2.19. The van der Waals surface area contributed by atoms with E-state index in [2.05, 4.69) is 10.5 Å². The molecule has 1 atom stereocenters. The lowest BCUT2D eigenvalue weighted by atomic mass is 10.0. The molecular weight excluding hydrogens is 288 g/mol. The Labute approximate surface area is 118 Å². The summed E-state index contributed by atoms with van der Waals surface area (Å²) in [5.74, 6) is 4.13. The SMILES string of the molecule is Cc1cc(C(NN)c2ccc(F)c(C(F)(F)F)c2)n(C)n1. The van der Waals surface area contributed by atoms with Crippen LogP contribution in [0.1, 0.15) is 28.6 Å². The van der Waals surface area contributed by atoms with Crippen LogP contribution in [0.3, 0.4) is 0 Å². The number of rotatable bonds is 3. The van der Waals surface area contributed by atoms with Gasteiger partial charge in [-0.3, -0.25) is 10.5 Å². The first kappa shape index (κ1) is 15.5. The molecule has 0 amide bonds. The standard InChI is InChI=1S/C13H14F4N4/c1-7-5-11(21(2)20-7)12(19-18)8-3-4-10(14)9(6-8)13(15,16)17/h3-6,12,19H,18H2,1-2H3. The molecule has 0 aliphatic heterocycles. The molecule has 2 rings (SSSR count). The van der Waals surface area contributed by atoms with Crippen LogP contribution in [0.15, 0.2) is 24.3 Å². The lowest BCUT2D eigenvalue weighted by Gasteiger charge is -2.18. The number of aryl methyl sites for hydroxylation is 2. The minimum absolute atomic E-state index is 0.203. The maximum atomic E-state index is 13.3. The van der Waals surface area contributed by atoms with Crippen molar-refractivity contribution in [2.45, 2.75) is 19.1 Å². The first-order chi connectivity index (χ1) is 9.74. The van der Waals surface area contributed by atoms with Crippen LogP contribution >= 0.6 is 0 Å². The maximum absolute atomic E-state index is 13.3. The molecule has 3 N–H and O–H groups in total. The van der Waals surface area contributed by atoms with Crippen molar-refractivity contribution in [3.05, 3.63) is 52.6 Å². The second-order valence-electron chi connectivity index (χ2n) is 4.67. The number of halogens is 4. The molecule has 1 aromatic carbocycles. The number of nitrogens with two attached hydrogens (primary N) is 1. The monoisotopic (exact) mass is 302 g/mol. The van der Waals surface area contributed by atoms with E-state index in [1.807, 2.05) is 0 Å². The Balaban J connectivity index is 2.51. The smallest absolute Gasteiger partial charge is 0.271 e. The van der Waals surface area contributed by atoms with Gasteiger partial charge in [-0.05, 0) is 30.7 Å². The Morgan fingerprint density at radius 1 is 1.29 bits per heavy atom. The molecular formula is C13H14F4N4. The van der Waals surface area contributed by atoms with Crippen LogP contribution in [0.2, 0.25) is 0 Å². The second kappa shape index (κ2) is 5.45. The minimum Gasteiger partial charge on any atom is -0.271 e. The third kappa shape index (κ3) is 3.06. The van der Waals surface area contributed by atoms with Gasteiger partial charge < -0.3 is 0 Å². The van der Waals surface area contributed by atoms with E-state index < -0.39 is 23.6 Å². The topological polar surface area (TPSA) is 55.9 Å². The molecule has 8 heteroatoms. The number of hydrogen-bond donors (Lipinski definition) is 2. The molecule has 1 aromatic heterocycles. The third-order valence-electron chi connectivity index (χ3n) is 3.13. The molecule has 0 saturated carbocycles. The molecule has 0 saturated heterocycles. The summed E-state index contributed by atoms with van der Waals surface area (Å²) in [6.07, 6.45) is -4.76. The molecule has 0 aliphatic carbocycles. The summed E-state index contributed by atoms with van der Waals surface area (Å²) in [7, 11) is 1.65. The Hall–Kier alpha value is -1.93. The first-order valence-corrected chi connectivity index (χ1v) is 6.07. The minimum atomic E-state index is -4.76. The third-order valence-corrected chi connectivity index (χ3v) is 3.13. The van der Waals surface area contributed by atoms with Crippen molar-refractivity contribution >= 4 is 0 Å². The van der Waals surface area contributed by atoms with Gasteiger partial charge >= 0.3 is 6.18 Å². The molecule has 0 bridgehead atoms. The number of nitrogens with zero attached hydrogens (tertiary/aromatic N) is 2. The van der Waals surface area contributed by atoms with Gasteiger partial charge in [-0.15, -0.1) is 0 Å². The van der Waals surface area contributed by atoms with Gasteiger partial charge in [0.2, 0.25) is 0 Å². The molecule has 21 heavy (non-hydrogen) atoms. The van der Waals surface area contributed by atoms with Gasteiger partial charge in [-0.25, -0.2) is 9.82 Å². The van der Waals surface area contributed by atoms with E-state index >= 15 is 0 Å². The van der Waals surface area contributed by atoms with Gasteiger partial charge in [0, 0.05) is 7.05 Å². The van der Waals surface area contributed by atoms with Crippen LogP contribution in [0, 0.1) is 12.7 Å². The first-order valence-electron chi connectivity index (χ1n) is 6.07. The van der Waals surface area contributed by atoms with Crippen LogP contribution in [-0.4, -0.2) is 9.78 Å².